The van der Waals surface area contributed by atoms with Crippen molar-refractivity contribution in [2.75, 3.05) is 0 Å². The summed E-state index contributed by atoms with van der Waals surface area (Å²) in [4.78, 5) is 4.50. The molecule has 21 heavy (non-hydrogen) atoms. The molecule has 1 N–H and O–H groups in total. The van der Waals surface area contributed by atoms with E-state index in [0.29, 0.717) is 12.4 Å². The maximum atomic E-state index is 13.2. The molecule has 2 aromatic rings. The third kappa shape index (κ3) is 5.37. The fourth-order valence-electron chi connectivity index (χ4n) is 1.58. The van der Waals surface area contributed by atoms with Crippen LogP contribution in [0.1, 0.15) is 31.5 Å². The Morgan fingerprint density at radius 1 is 1.38 bits per heavy atom. The predicted molar refractivity (Wildman–Crippen MR) is 87.1 cm³/mol. The maximum absolute atomic E-state index is 13.2. The second-order valence-corrected chi connectivity index (χ2v) is 7.50. The first-order chi connectivity index (χ1) is 9.83. The topological polar surface area (TPSA) is 34.2 Å². The third-order valence-corrected chi connectivity index (χ3v) is 4.19. The molecule has 0 amide bonds. The fourth-order valence-corrected chi connectivity index (χ4v) is 2.66. The molecule has 0 aliphatic rings. The molecule has 0 unspecified atom stereocenters. The summed E-state index contributed by atoms with van der Waals surface area (Å²) < 4.78 is 19.5. The number of benzene rings is 1. The van der Waals surface area contributed by atoms with Gasteiger partial charge in [0.05, 0.1) is 10.2 Å². The van der Waals surface area contributed by atoms with Gasteiger partial charge >= 0.3 is 0 Å². The molecule has 0 saturated heterocycles. The smallest absolute Gasteiger partial charge is 0.136 e. The van der Waals surface area contributed by atoms with Gasteiger partial charge in [-0.15, -0.1) is 11.3 Å². The molecule has 1 aromatic carbocycles. The lowest BCUT2D eigenvalue weighted by atomic mass is 10.1. The molecule has 0 atom stereocenters. The van der Waals surface area contributed by atoms with Gasteiger partial charge in [-0.05, 0) is 48.8 Å². The van der Waals surface area contributed by atoms with E-state index in [1.54, 1.807) is 17.4 Å². The van der Waals surface area contributed by atoms with E-state index in [1.807, 2.05) is 5.38 Å². The Bertz CT molecular complexity index is 610. The zero-order valence-corrected chi connectivity index (χ0v) is 14.6. The number of ether oxygens (including phenoxy) is 1. The van der Waals surface area contributed by atoms with Gasteiger partial charge in [0, 0.05) is 23.5 Å². The molecule has 6 heteroatoms. The lowest BCUT2D eigenvalue weighted by Gasteiger charge is -2.19. The highest BCUT2D eigenvalue weighted by atomic mass is 79.9. The van der Waals surface area contributed by atoms with E-state index in [9.17, 15) is 4.39 Å². The van der Waals surface area contributed by atoms with Crippen molar-refractivity contribution < 1.29 is 9.13 Å². The molecular formula is C15H18BrFN2OS. The summed E-state index contributed by atoms with van der Waals surface area (Å²) >= 11 is 4.93. The molecule has 0 saturated carbocycles. The van der Waals surface area contributed by atoms with Gasteiger partial charge in [0.15, 0.2) is 0 Å². The number of rotatable bonds is 5. The molecule has 0 radical (unpaired) electrons. The molecule has 3 nitrogen and oxygen atoms in total. The number of halogens is 2. The monoisotopic (exact) mass is 372 g/mol. The number of hydrogen-bond donors (Lipinski definition) is 1. The van der Waals surface area contributed by atoms with Crippen molar-refractivity contribution in [3.63, 3.8) is 0 Å². The van der Waals surface area contributed by atoms with E-state index in [4.69, 9.17) is 4.74 Å². The molecular weight excluding hydrogens is 355 g/mol. The van der Waals surface area contributed by atoms with E-state index >= 15 is 0 Å². The zero-order chi connectivity index (χ0) is 15.5. The Labute approximate surface area is 136 Å². The van der Waals surface area contributed by atoms with E-state index in [0.717, 1.165) is 21.7 Å². The van der Waals surface area contributed by atoms with Crippen LogP contribution in [-0.2, 0) is 13.2 Å². The number of nitrogens with one attached hydrogen (secondary N) is 1. The third-order valence-electron chi connectivity index (χ3n) is 2.64. The Hall–Kier alpha value is -0.980. The van der Waals surface area contributed by atoms with Crippen molar-refractivity contribution in [2.24, 2.45) is 0 Å². The second kappa shape index (κ2) is 6.85. The zero-order valence-electron chi connectivity index (χ0n) is 12.2. The minimum atomic E-state index is -0.318. The first-order valence-corrected chi connectivity index (χ1v) is 8.27. The lowest BCUT2D eigenvalue weighted by Crippen LogP contribution is -2.35. The number of hydrogen-bond acceptors (Lipinski definition) is 4. The molecule has 0 fully saturated rings. The van der Waals surface area contributed by atoms with Gasteiger partial charge in [-0.25, -0.2) is 9.37 Å². The first kappa shape index (κ1) is 16.4. The molecule has 2 rings (SSSR count). The average molecular weight is 373 g/mol. The summed E-state index contributed by atoms with van der Waals surface area (Å²) in [5.41, 5.74) is 0.913. The Balaban J connectivity index is 1.92. The van der Waals surface area contributed by atoms with Crippen LogP contribution in [-0.4, -0.2) is 10.5 Å². The van der Waals surface area contributed by atoms with Crippen LogP contribution >= 0.6 is 27.3 Å². The van der Waals surface area contributed by atoms with E-state index in [-0.39, 0.29) is 11.4 Å². The summed E-state index contributed by atoms with van der Waals surface area (Å²) in [6.07, 6.45) is 0. The number of thiazole rings is 1. The SMILES string of the molecule is CC(C)(C)NCc1nc(COc2cc(F)ccc2Br)cs1. The number of nitrogens with zero attached hydrogens (tertiary/aromatic N) is 1. The minimum absolute atomic E-state index is 0.0642. The molecule has 1 heterocycles. The van der Waals surface area contributed by atoms with Crippen LogP contribution in [0.4, 0.5) is 4.39 Å². The minimum Gasteiger partial charge on any atom is -0.486 e. The second-order valence-electron chi connectivity index (χ2n) is 5.70. The van der Waals surface area contributed by atoms with Gasteiger partial charge in [-0.2, -0.15) is 0 Å². The average Bonchev–Trinajstić information content (AvgIpc) is 2.85. The summed E-state index contributed by atoms with van der Waals surface area (Å²) in [5.74, 6) is 0.166. The van der Waals surface area contributed by atoms with Crippen molar-refractivity contribution in [3.8, 4) is 5.75 Å². The summed E-state index contributed by atoms with van der Waals surface area (Å²) in [6, 6.07) is 4.37. The fraction of sp³-hybridized carbons (Fsp3) is 0.400. The van der Waals surface area contributed by atoms with Gasteiger partial charge in [0.2, 0.25) is 0 Å². The van der Waals surface area contributed by atoms with Crippen molar-refractivity contribution in [1.29, 1.82) is 0 Å². The molecule has 0 aliphatic carbocycles. The molecule has 114 valence electrons. The predicted octanol–water partition coefficient (Wildman–Crippen LogP) is 4.51. The summed E-state index contributed by atoms with van der Waals surface area (Å²) in [7, 11) is 0. The number of aromatic nitrogens is 1. The van der Waals surface area contributed by atoms with Gasteiger partial charge in [-0.1, -0.05) is 0 Å². The van der Waals surface area contributed by atoms with Crippen LogP contribution in [0.15, 0.2) is 28.1 Å². The van der Waals surface area contributed by atoms with Crippen LogP contribution in [0.3, 0.4) is 0 Å². The molecule has 0 aliphatic heterocycles. The van der Waals surface area contributed by atoms with Crippen molar-refractivity contribution in [3.05, 3.63) is 44.6 Å². The quantitative estimate of drug-likeness (QED) is 0.837. The van der Waals surface area contributed by atoms with E-state index < -0.39 is 0 Å². The van der Waals surface area contributed by atoms with Crippen molar-refractivity contribution >= 4 is 27.3 Å². The molecule has 0 bridgehead atoms. The first-order valence-electron chi connectivity index (χ1n) is 6.60. The van der Waals surface area contributed by atoms with Crippen LogP contribution in [0.5, 0.6) is 5.75 Å². The van der Waals surface area contributed by atoms with Gasteiger partial charge < -0.3 is 10.1 Å². The van der Waals surface area contributed by atoms with Crippen LogP contribution in [0.2, 0.25) is 0 Å². The summed E-state index contributed by atoms with van der Waals surface area (Å²) in [6.45, 7) is 7.41. The maximum Gasteiger partial charge on any atom is 0.136 e. The highest BCUT2D eigenvalue weighted by Crippen LogP contribution is 2.26. The highest BCUT2D eigenvalue weighted by Gasteiger charge is 2.11. The standard InChI is InChI=1S/C15H18BrFN2OS/c1-15(2,3)18-7-14-19-11(9-21-14)8-20-13-6-10(17)4-5-12(13)16/h4-6,9,18H,7-8H2,1-3H3. The van der Waals surface area contributed by atoms with Gasteiger partial charge in [-0.3, -0.25) is 0 Å². The van der Waals surface area contributed by atoms with Crippen molar-refractivity contribution in [1.82, 2.24) is 10.3 Å². The summed E-state index contributed by atoms with van der Waals surface area (Å²) in [5, 5.41) is 6.37. The van der Waals surface area contributed by atoms with E-state index in [1.165, 1.54) is 12.1 Å². The Kier molecular flexibility index (Phi) is 5.35. The van der Waals surface area contributed by atoms with Crippen LogP contribution in [0.25, 0.3) is 0 Å². The Morgan fingerprint density at radius 3 is 2.86 bits per heavy atom. The van der Waals surface area contributed by atoms with Gasteiger partial charge in [0.1, 0.15) is 23.2 Å². The molecule has 1 aromatic heterocycles. The highest BCUT2D eigenvalue weighted by molar-refractivity contribution is 9.10. The van der Waals surface area contributed by atoms with Gasteiger partial charge in [0.25, 0.3) is 0 Å². The van der Waals surface area contributed by atoms with E-state index in [2.05, 4.69) is 47.0 Å². The van der Waals surface area contributed by atoms with Crippen molar-refractivity contribution in [2.45, 2.75) is 39.5 Å². The molecule has 0 spiro atoms. The van der Waals surface area contributed by atoms with Crippen LogP contribution in [0, 0.1) is 5.82 Å². The lowest BCUT2D eigenvalue weighted by molar-refractivity contribution is 0.298. The Morgan fingerprint density at radius 2 is 2.14 bits per heavy atom. The normalized spacial score (nSPS) is 11.7. The largest absolute Gasteiger partial charge is 0.486 e. The van der Waals surface area contributed by atoms with Crippen LogP contribution < -0.4 is 10.1 Å².